The van der Waals surface area contributed by atoms with Gasteiger partial charge in [0, 0.05) is 26.8 Å². The Morgan fingerprint density at radius 3 is 2.33 bits per heavy atom. The first-order chi connectivity index (χ1) is 5.54. The normalized spacial score (nSPS) is 11.5. The van der Waals surface area contributed by atoms with Crippen LogP contribution in [0.3, 0.4) is 0 Å². The van der Waals surface area contributed by atoms with E-state index in [-0.39, 0.29) is 6.42 Å². The molecule has 0 atom stereocenters. The molecule has 0 aromatic carbocycles. The second kappa shape index (κ2) is 5.65. The minimum absolute atomic E-state index is 0.116. The van der Waals surface area contributed by atoms with Gasteiger partial charge in [-0.15, -0.1) is 0 Å². The van der Waals surface area contributed by atoms with Crippen molar-refractivity contribution in [3.05, 3.63) is 0 Å². The quantitative estimate of drug-likeness (QED) is 0.675. The Bertz CT molecular complexity index is 186. The van der Waals surface area contributed by atoms with E-state index in [1.165, 1.54) is 14.2 Å². The second-order valence-corrected chi connectivity index (χ2v) is 6.27. The topological polar surface area (TPSA) is 55.8 Å². The second-order valence-electron chi connectivity index (χ2n) is 2.20. The number of aliphatic carboxylic acids is 1. The van der Waals surface area contributed by atoms with Crippen LogP contribution < -0.4 is 0 Å². The summed E-state index contributed by atoms with van der Waals surface area (Å²) in [5.41, 5.74) is 0. The van der Waals surface area contributed by atoms with Crippen molar-refractivity contribution in [1.82, 2.24) is 0 Å². The minimum atomic E-state index is -2.17. The molecule has 0 heterocycles. The Hall–Kier alpha value is 0.0400. The lowest BCUT2D eigenvalue weighted by Gasteiger charge is -2.16. The zero-order chi connectivity index (χ0) is 9.61. The molecule has 0 amide bonds. The van der Waals surface area contributed by atoms with Gasteiger partial charge in [-0.3, -0.25) is 4.79 Å². The standard InChI is InChI=1S/C6H13O4PS/c1-9-11(12,10-2)5-3-4-6(7)8/h3-5H2,1-2H3,(H,7,8). The summed E-state index contributed by atoms with van der Waals surface area (Å²) in [4.78, 5) is 10.2. The van der Waals surface area contributed by atoms with Crippen molar-refractivity contribution in [1.29, 1.82) is 0 Å². The summed E-state index contributed by atoms with van der Waals surface area (Å²) in [6, 6.07) is 0. The molecule has 0 aliphatic rings. The van der Waals surface area contributed by atoms with Crippen molar-refractivity contribution in [3.8, 4) is 0 Å². The van der Waals surface area contributed by atoms with Crippen molar-refractivity contribution in [2.45, 2.75) is 12.8 Å². The van der Waals surface area contributed by atoms with Crippen LogP contribution >= 0.6 is 6.49 Å². The summed E-state index contributed by atoms with van der Waals surface area (Å²) in [5, 5.41) is 8.35. The van der Waals surface area contributed by atoms with Gasteiger partial charge in [-0.05, 0) is 18.2 Å². The van der Waals surface area contributed by atoms with E-state index in [4.69, 9.17) is 26.0 Å². The first-order valence-corrected chi connectivity index (χ1v) is 6.29. The summed E-state index contributed by atoms with van der Waals surface area (Å²) in [6.45, 7) is -2.17. The summed E-state index contributed by atoms with van der Waals surface area (Å²) in [6.07, 6.45) is 1.14. The maximum absolute atomic E-state index is 10.2. The molecule has 0 saturated heterocycles. The predicted octanol–water partition coefficient (Wildman–Crippen LogP) is 1.45. The molecule has 12 heavy (non-hydrogen) atoms. The first kappa shape index (κ1) is 12.0. The van der Waals surface area contributed by atoms with Crippen LogP contribution in [0.2, 0.25) is 0 Å². The summed E-state index contributed by atoms with van der Waals surface area (Å²) in [5.74, 6) is -0.816. The van der Waals surface area contributed by atoms with Gasteiger partial charge in [-0.2, -0.15) is 0 Å². The van der Waals surface area contributed by atoms with E-state index in [1.54, 1.807) is 0 Å². The SMILES string of the molecule is COP(=S)(CCCC(=O)O)OC. The Kier molecular flexibility index (Phi) is 5.66. The molecule has 0 rings (SSSR count). The number of hydrogen-bond donors (Lipinski definition) is 1. The molecule has 0 aromatic rings. The van der Waals surface area contributed by atoms with Crippen LogP contribution in [0.1, 0.15) is 12.8 Å². The molecule has 1 N–H and O–H groups in total. The summed E-state index contributed by atoms with van der Waals surface area (Å²) >= 11 is 5.03. The van der Waals surface area contributed by atoms with E-state index in [0.717, 1.165) is 0 Å². The Morgan fingerprint density at radius 1 is 1.50 bits per heavy atom. The third-order valence-electron chi connectivity index (χ3n) is 1.38. The number of carboxylic acids is 1. The zero-order valence-electron chi connectivity index (χ0n) is 7.15. The highest BCUT2D eigenvalue weighted by Gasteiger charge is 2.14. The molecule has 0 spiro atoms. The maximum Gasteiger partial charge on any atom is 0.303 e. The highest BCUT2D eigenvalue weighted by atomic mass is 32.5. The van der Waals surface area contributed by atoms with Gasteiger partial charge < -0.3 is 14.2 Å². The molecule has 0 fully saturated rings. The molecule has 0 aliphatic carbocycles. The van der Waals surface area contributed by atoms with Crippen LogP contribution in [-0.2, 0) is 25.6 Å². The van der Waals surface area contributed by atoms with Crippen molar-refractivity contribution < 1.29 is 18.9 Å². The average Bonchev–Trinajstić information content (AvgIpc) is 2.03. The minimum Gasteiger partial charge on any atom is -0.481 e. The molecule has 0 unspecified atom stereocenters. The van der Waals surface area contributed by atoms with Gasteiger partial charge in [-0.25, -0.2) is 0 Å². The van der Waals surface area contributed by atoms with Crippen LogP contribution in [0.25, 0.3) is 0 Å². The number of carbonyl (C=O) groups is 1. The Morgan fingerprint density at radius 2 is 2.00 bits per heavy atom. The van der Waals surface area contributed by atoms with Crippen molar-refractivity contribution >= 4 is 24.3 Å². The largest absolute Gasteiger partial charge is 0.481 e. The molecule has 0 bridgehead atoms. The highest BCUT2D eigenvalue weighted by Crippen LogP contribution is 2.47. The van der Waals surface area contributed by atoms with Crippen LogP contribution in [0.15, 0.2) is 0 Å². The molecule has 4 nitrogen and oxygen atoms in total. The predicted molar refractivity (Wildman–Crippen MR) is 50.0 cm³/mol. The van der Waals surface area contributed by atoms with Gasteiger partial charge in [0.25, 0.3) is 0 Å². The highest BCUT2D eigenvalue weighted by molar-refractivity contribution is 8.09. The molecule has 0 radical (unpaired) electrons. The third-order valence-corrected chi connectivity index (χ3v) is 4.80. The first-order valence-electron chi connectivity index (χ1n) is 3.46. The van der Waals surface area contributed by atoms with Gasteiger partial charge in [0.1, 0.15) is 0 Å². The number of hydrogen-bond acceptors (Lipinski definition) is 4. The number of carboxylic acid groups (broad SMARTS) is 1. The van der Waals surface area contributed by atoms with Gasteiger partial charge in [0.2, 0.25) is 0 Å². The van der Waals surface area contributed by atoms with E-state index in [9.17, 15) is 4.79 Å². The lowest BCUT2D eigenvalue weighted by molar-refractivity contribution is -0.137. The fourth-order valence-electron chi connectivity index (χ4n) is 0.681. The van der Waals surface area contributed by atoms with E-state index >= 15 is 0 Å². The zero-order valence-corrected chi connectivity index (χ0v) is 8.86. The molecule has 0 aromatic heterocycles. The Labute approximate surface area is 77.0 Å². The van der Waals surface area contributed by atoms with Crippen molar-refractivity contribution in [2.75, 3.05) is 20.4 Å². The van der Waals surface area contributed by atoms with Crippen molar-refractivity contribution in [3.63, 3.8) is 0 Å². The molecule has 6 heteroatoms. The van der Waals surface area contributed by atoms with Crippen LogP contribution in [0.4, 0.5) is 0 Å². The lowest BCUT2D eigenvalue weighted by atomic mass is 10.3. The fraction of sp³-hybridized carbons (Fsp3) is 0.833. The summed E-state index contributed by atoms with van der Waals surface area (Å²) in [7, 11) is 2.98. The van der Waals surface area contributed by atoms with Gasteiger partial charge >= 0.3 is 5.97 Å². The maximum atomic E-state index is 10.2. The molecular weight excluding hydrogens is 199 g/mol. The molecule has 72 valence electrons. The number of rotatable bonds is 6. The Balaban J connectivity index is 3.74. The van der Waals surface area contributed by atoms with Crippen LogP contribution in [-0.4, -0.2) is 31.5 Å². The van der Waals surface area contributed by atoms with E-state index in [1.807, 2.05) is 0 Å². The molecular formula is C6H13O4PS. The monoisotopic (exact) mass is 212 g/mol. The smallest absolute Gasteiger partial charge is 0.303 e. The summed E-state index contributed by atoms with van der Waals surface area (Å²) < 4.78 is 9.96. The fourth-order valence-corrected chi connectivity index (χ4v) is 2.13. The van der Waals surface area contributed by atoms with Crippen molar-refractivity contribution in [2.24, 2.45) is 0 Å². The van der Waals surface area contributed by atoms with Gasteiger partial charge in [-0.1, -0.05) is 0 Å². The van der Waals surface area contributed by atoms with Gasteiger partial charge in [0.15, 0.2) is 6.49 Å². The lowest BCUT2D eigenvalue weighted by Crippen LogP contribution is -1.99. The van der Waals surface area contributed by atoms with Crippen LogP contribution in [0.5, 0.6) is 0 Å². The molecule has 0 aliphatic heterocycles. The average molecular weight is 212 g/mol. The van der Waals surface area contributed by atoms with E-state index < -0.39 is 12.5 Å². The third kappa shape index (κ3) is 4.83. The van der Waals surface area contributed by atoms with E-state index in [2.05, 4.69) is 0 Å². The van der Waals surface area contributed by atoms with Gasteiger partial charge in [0.05, 0.1) is 0 Å². The van der Waals surface area contributed by atoms with Crippen LogP contribution in [0, 0.1) is 0 Å². The van der Waals surface area contributed by atoms with E-state index in [0.29, 0.717) is 12.6 Å². The molecule has 0 saturated carbocycles.